The fraction of sp³-hybridized carbons (Fsp3) is 0.600. The predicted molar refractivity (Wildman–Crippen MR) is 69.8 cm³/mol. The van der Waals surface area contributed by atoms with Crippen LogP contribution in [0.15, 0.2) is 15.6 Å². The van der Waals surface area contributed by atoms with Crippen LogP contribution in [-0.4, -0.2) is 41.1 Å². The molecule has 2 rings (SSSR count). The van der Waals surface area contributed by atoms with Crippen molar-refractivity contribution in [3.63, 3.8) is 0 Å². The number of alkyl halides is 1. The van der Waals surface area contributed by atoms with Gasteiger partial charge in [0.25, 0.3) is 5.56 Å². The molecule has 0 aliphatic carbocycles. The lowest BCUT2D eigenvalue weighted by atomic mass is 10.2. The number of nitrogens with zero attached hydrogens (tertiary/aromatic N) is 2. The highest BCUT2D eigenvalue weighted by atomic mass is 79.9. The summed E-state index contributed by atoms with van der Waals surface area (Å²) >= 11 is 9.07. The second kappa shape index (κ2) is 5.37. The van der Waals surface area contributed by atoms with Crippen molar-refractivity contribution in [1.82, 2.24) is 9.97 Å². The minimum Gasteiger partial charge on any atom is -0.370 e. The lowest BCUT2D eigenvalue weighted by Gasteiger charge is -2.36. The molecule has 2 atom stereocenters. The summed E-state index contributed by atoms with van der Waals surface area (Å²) in [5, 5.41) is 0. The Balaban J connectivity index is 2.27. The molecule has 2 heterocycles. The van der Waals surface area contributed by atoms with Crippen LogP contribution in [0.25, 0.3) is 0 Å². The quantitative estimate of drug-likeness (QED) is 0.836. The highest BCUT2D eigenvalue weighted by molar-refractivity contribution is 9.10. The number of rotatable bonds is 2. The van der Waals surface area contributed by atoms with Crippen LogP contribution >= 0.6 is 27.5 Å². The van der Waals surface area contributed by atoms with Crippen LogP contribution < -0.4 is 10.5 Å². The Morgan fingerprint density at radius 3 is 3.18 bits per heavy atom. The normalized spacial score (nSPS) is 25.0. The van der Waals surface area contributed by atoms with Crippen molar-refractivity contribution in [3.05, 3.63) is 21.2 Å². The summed E-state index contributed by atoms with van der Waals surface area (Å²) in [6, 6.07) is 0. The molecule has 1 saturated heterocycles. The van der Waals surface area contributed by atoms with E-state index < -0.39 is 0 Å². The molecule has 0 spiro atoms. The first-order valence-corrected chi connectivity index (χ1v) is 6.64. The first kappa shape index (κ1) is 12.9. The van der Waals surface area contributed by atoms with Crippen LogP contribution in [0.5, 0.6) is 0 Å². The second-order valence-corrected chi connectivity index (χ2v) is 5.10. The Labute approximate surface area is 112 Å². The molecule has 1 N–H and O–H groups in total. The molecule has 0 bridgehead atoms. The number of hydrogen-bond acceptors (Lipinski definition) is 4. The summed E-state index contributed by atoms with van der Waals surface area (Å²) < 4.78 is 6.10. The molecule has 1 aromatic rings. The topological polar surface area (TPSA) is 58.2 Å². The molecule has 0 aromatic carbocycles. The minimum absolute atomic E-state index is 0.0339. The number of aromatic amines is 1. The average Bonchev–Trinajstić information content (AvgIpc) is 2.31. The van der Waals surface area contributed by atoms with Gasteiger partial charge in [-0.15, -0.1) is 11.6 Å². The summed E-state index contributed by atoms with van der Waals surface area (Å²) in [5.74, 6) is 1.07. The maximum atomic E-state index is 11.5. The van der Waals surface area contributed by atoms with E-state index in [2.05, 4.69) is 25.9 Å². The van der Waals surface area contributed by atoms with Crippen LogP contribution in [0, 0.1) is 0 Å². The molecule has 94 valence electrons. The van der Waals surface area contributed by atoms with E-state index >= 15 is 0 Å². The molecule has 1 aliphatic rings. The van der Waals surface area contributed by atoms with Crippen LogP contribution in [0.1, 0.15) is 6.92 Å². The van der Waals surface area contributed by atoms with Gasteiger partial charge in [0, 0.05) is 13.1 Å². The zero-order chi connectivity index (χ0) is 12.4. The second-order valence-electron chi connectivity index (χ2n) is 4.00. The maximum absolute atomic E-state index is 11.5. The standard InChI is InChI=1S/C10H13BrClN3O2/c1-6-3-15(4-7(2-12)17-6)9-8(11)10(16)14-5-13-9/h5-7H,2-4H2,1H3,(H,13,14,16). The van der Waals surface area contributed by atoms with Crippen LogP contribution in [-0.2, 0) is 4.74 Å². The Hall–Kier alpha value is -0.590. The highest BCUT2D eigenvalue weighted by Crippen LogP contribution is 2.23. The van der Waals surface area contributed by atoms with Crippen molar-refractivity contribution < 1.29 is 4.74 Å². The molecule has 1 aliphatic heterocycles. The van der Waals surface area contributed by atoms with Crippen molar-refractivity contribution in [2.24, 2.45) is 0 Å². The Kier molecular flexibility index (Phi) is 4.06. The van der Waals surface area contributed by atoms with Gasteiger partial charge in [0.15, 0.2) is 5.82 Å². The molecule has 0 radical (unpaired) electrons. The average molecular weight is 323 g/mol. The van der Waals surface area contributed by atoms with Gasteiger partial charge in [-0.05, 0) is 22.9 Å². The first-order valence-electron chi connectivity index (χ1n) is 5.31. The monoisotopic (exact) mass is 321 g/mol. The Morgan fingerprint density at radius 2 is 2.47 bits per heavy atom. The van der Waals surface area contributed by atoms with Gasteiger partial charge in [-0.25, -0.2) is 4.98 Å². The minimum atomic E-state index is -0.184. The van der Waals surface area contributed by atoms with E-state index in [0.29, 0.717) is 29.3 Å². The third-order valence-corrected chi connectivity index (χ3v) is 3.64. The van der Waals surface area contributed by atoms with E-state index in [9.17, 15) is 4.79 Å². The third kappa shape index (κ3) is 2.81. The van der Waals surface area contributed by atoms with Gasteiger partial charge in [-0.3, -0.25) is 4.79 Å². The molecule has 5 nitrogen and oxygen atoms in total. The number of halogens is 2. The number of morpholine rings is 1. The van der Waals surface area contributed by atoms with Crippen LogP contribution in [0.2, 0.25) is 0 Å². The molecule has 1 aromatic heterocycles. The zero-order valence-corrected chi connectivity index (χ0v) is 11.7. The van der Waals surface area contributed by atoms with E-state index in [1.807, 2.05) is 11.8 Å². The summed E-state index contributed by atoms with van der Waals surface area (Å²) in [7, 11) is 0. The smallest absolute Gasteiger partial charge is 0.267 e. The van der Waals surface area contributed by atoms with Gasteiger partial charge >= 0.3 is 0 Å². The lowest BCUT2D eigenvalue weighted by molar-refractivity contribution is -0.00362. The number of anilines is 1. The van der Waals surface area contributed by atoms with Gasteiger partial charge < -0.3 is 14.6 Å². The summed E-state index contributed by atoms with van der Waals surface area (Å²) in [6.07, 6.45) is 1.44. The summed E-state index contributed by atoms with van der Waals surface area (Å²) in [4.78, 5) is 20.2. The first-order chi connectivity index (χ1) is 8.11. The highest BCUT2D eigenvalue weighted by Gasteiger charge is 2.27. The molecular weight excluding hydrogens is 309 g/mol. The molecule has 1 fully saturated rings. The van der Waals surface area contributed by atoms with E-state index in [4.69, 9.17) is 16.3 Å². The molecule has 7 heteroatoms. The number of H-pyrrole nitrogens is 1. The lowest BCUT2D eigenvalue weighted by Crippen LogP contribution is -2.48. The number of hydrogen-bond donors (Lipinski definition) is 1. The molecule has 17 heavy (non-hydrogen) atoms. The van der Waals surface area contributed by atoms with E-state index in [-0.39, 0.29) is 17.8 Å². The van der Waals surface area contributed by atoms with Gasteiger partial charge in [0.1, 0.15) is 4.47 Å². The van der Waals surface area contributed by atoms with Crippen molar-refractivity contribution in [2.75, 3.05) is 23.9 Å². The molecule has 0 amide bonds. The Bertz CT molecular complexity index is 453. The van der Waals surface area contributed by atoms with Crippen molar-refractivity contribution >= 4 is 33.3 Å². The third-order valence-electron chi connectivity index (χ3n) is 2.58. The molecule has 2 unspecified atom stereocenters. The van der Waals surface area contributed by atoms with Crippen molar-refractivity contribution in [2.45, 2.75) is 19.1 Å². The summed E-state index contributed by atoms with van der Waals surface area (Å²) in [6.45, 7) is 3.32. The van der Waals surface area contributed by atoms with E-state index in [0.717, 1.165) is 0 Å². The van der Waals surface area contributed by atoms with Gasteiger partial charge in [0.05, 0.1) is 24.4 Å². The number of aromatic nitrogens is 2. The fourth-order valence-corrected chi connectivity index (χ4v) is 2.54. The largest absolute Gasteiger partial charge is 0.370 e. The van der Waals surface area contributed by atoms with Gasteiger partial charge in [0.2, 0.25) is 0 Å². The van der Waals surface area contributed by atoms with Crippen molar-refractivity contribution in [1.29, 1.82) is 0 Å². The van der Waals surface area contributed by atoms with Crippen molar-refractivity contribution in [3.8, 4) is 0 Å². The van der Waals surface area contributed by atoms with Crippen LogP contribution in [0.4, 0.5) is 5.82 Å². The maximum Gasteiger partial charge on any atom is 0.267 e. The number of ether oxygens (including phenoxy) is 1. The molecule has 0 saturated carbocycles. The summed E-state index contributed by atoms with van der Waals surface area (Å²) in [5.41, 5.74) is -0.184. The fourth-order valence-electron chi connectivity index (χ4n) is 1.90. The zero-order valence-electron chi connectivity index (χ0n) is 9.32. The van der Waals surface area contributed by atoms with Gasteiger partial charge in [-0.2, -0.15) is 0 Å². The SMILES string of the molecule is CC1CN(c2nc[nH]c(=O)c2Br)CC(CCl)O1. The van der Waals surface area contributed by atoms with E-state index in [1.54, 1.807) is 0 Å². The van der Waals surface area contributed by atoms with Crippen LogP contribution in [0.3, 0.4) is 0 Å². The predicted octanol–water partition coefficient (Wildman–Crippen LogP) is 1.36. The van der Waals surface area contributed by atoms with Gasteiger partial charge in [-0.1, -0.05) is 0 Å². The Morgan fingerprint density at radius 1 is 1.71 bits per heavy atom. The van der Waals surface area contributed by atoms with E-state index in [1.165, 1.54) is 6.33 Å². The molecular formula is C10H13BrClN3O2. The number of nitrogens with one attached hydrogen (secondary N) is 1.